The van der Waals surface area contributed by atoms with Gasteiger partial charge in [-0.15, -0.1) is 13.2 Å². The third kappa shape index (κ3) is 6.46. The van der Waals surface area contributed by atoms with E-state index in [-0.39, 0.29) is 18.3 Å². The van der Waals surface area contributed by atoms with Gasteiger partial charge in [-0.05, 0) is 36.4 Å². The van der Waals surface area contributed by atoms with E-state index < -0.39 is 23.9 Å². The van der Waals surface area contributed by atoms with Crippen LogP contribution >= 0.6 is 0 Å². The number of halogens is 3. The Morgan fingerprint density at radius 2 is 1.81 bits per heavy atom. The van der Waals surface area contributed by atoms with E-state index in [1.54, 1.807) is 0 Å². The molecule has 168 valence electrons. The molecule has 1 aliphatic heterocycles. The Bertz CT molecular complexity index is 893. The summed E-state index contributed by atoms with van der Waals surface area (Å²) in [4.78, 5) is 26.7. The predicted octanol–water partition coefficient (Wildman–Crippen LogP) is 2.05. The van der Waals surface area contributed by atoms with Crippen molar-refractivity contribution in [3.8, 4) is 5.75 Å². The normalized spacial score (nSPS) is 15.9. The van der Waals surface area contributed by atoms with Gasteiger partial charge in [-0.3, -0.25) is 14.5 Å². The number of aromatic nitrogens is 1. The number of carbonyl (C=O) groups excluding carboxylic acids is 2. The van der Waals surface area contributed by atoms with Gasteiger partial charge in [0.15, 0.2) is 0 Å². The molecule has 1 aromatic carbocycles. The minimum Gasteiger partial charge on any atom is -0.406 e. The number of nitrogens with one attached hydrogen (secondary N) is 2. The lowest BCUT2D eigenvalue weighted by atomic mass is 10.1. The molecular weight excluding hydrogens is 417 g/mol. The number of ether oxygens (including phenoxy) is 2. The van der Waals surface area contributed by atoms with Crippen LogP contribution in [0.25, 0.3) is 0 Å². The summed E-state index contributed by atoms with van der Waals surface area (Å²) in [5.74, 6) is -2.19. The van der Waals surface area contributed by atoms with Crippen LogP contribution in [0.4, 0.5) is 18.9 Å². The van der Waals surface area contributed by atoms with Crippen LogP contribution in [0.5, 0.6) is 5.75 Å². The number of hydrogen-bond donors (Lipinski definition) is 2. The molecule has 3 rings (SSSR count). The minimum atomic E-state index is -4.81. The van der Waals surface area contributed by atoms with Crippen molar-refractivity contribution < 1.29 is 32.2 Å². The van der Waals surface area contributed by atoms with E-state index in [0.717, 1.165) is 17.8 Å². The van der Waals surface area contributed by atoms with Gasteiger partial charge in [-0.2, -0.15) is 0 Å². The van der Waals surface area contributed by atoms with Gasteiger partial charge in [-0.25, -0.2) is 0 Å². The summed E-state index contributed by atoms with van der Waals surface area (Å²) in [6.45, 7) is 2.78. The highest BCUT2D eigenvalue weighted by Crippen LogP contribution is 2.24. The van der Waals surface area contributed by atoms with Gasteiger partial charge < -0.3 is 24.7 Å². The average molecular weight is 440 g/mol. The number of hydrogen-bond acceptors (Lipinski definition) is 5. The Kier molecular flexibility index (Phi) is 7.18. The monoisotopic (exact) mass is 440 g/mol. The number of amides is 2. The van der Waals surface area contributed by atoms with Gasteiger partial charge in [0, 0.05) is 44.3 Å². The fourth-order valence-corrected chi connectivity index (χ4v) is 3.33. The lowest BCUT2D eigenvalue weighted by Gasteiger charge is -2.34. The van der Waals surface area contributed by atoms with Crippen molar-refractivity contribution in [3.63, 3.8) is 0 Å². The average Bonchev–Trinajstić information content (AvgIpc) is 3.15. The fraction of sp³-hybridized carbons (Fsp3) is 0.400. The molecule has 0 bridgehead atoms. The van der Waals surface area contributed by atoms with E-state index in [2.05, 4.69) is 20.3 Å². The van der Waals surface area contributed by atoms with Crippen LogP contribution in [0.1, 0.15) is 11.7 Å². The zero-order valence-electron chi connectivity index (χ0n) is 16.8. The maximum atomic E-state index is 12.3. The van der Waals surface area contributed by atoms with Crippen molar-refractivity contribution in [2.75, 3.05) is 38.2 Å². The Hall–Kier alpha value is -3.05. The Morgan fingerprint density at radius 1 is 1.13 bits per heavy atom. The molecule has 1 fully saturated rings. The van der Waals surface area contributed by atoms with Crippen LogP contribution < -0.4 is 15.4 Å². The second-order valence-electron chi connectivity index (χ2n) is 6.94. The molecule has 11 heteroatoms. The minimum absolute atomic E-state index is 0.139. The van der Waals surface area contributed by atoms with E-state index >= 15 is 0 Å². The highest BCUT2D eigenvalue weighted by molar-refractivity contribution is 6.39. The number of nitrogens with zero attached hydrogens (tertiary/aromatic N) is 2. The molecule has 2 amide bonds. The molecule has 1 aliphatic rings. The molecule has 1 aromatic heterocycles. The lowest BCUT2D eigenvalue weighted by Crippen LogP contribution is -2.46. The Balaban J connectivity index is 1.57. The predicted molar refractivity (Wildman–Crippen MR) is 105 cm³/mol. The molecule has 0 saturated carbocycles. The maximum Gasteiger partial charge on any atom is 0.573 e. The van der Waals surface area contributed by atoms with Crippen molar-refractivity contribution in [3.05, 3.63) is 48.3 Å². The van der Waals surface area contributed by atoms with Gasteiger partial charge in [0.1, 0.15) is 5.75 Å². The number of alkyl halides is 3. The number of anilines is 1. The molecule has 1 saturated heterocycles. The van der Waals surface area contributed by atoms with Gasteiger partial charge in [0.25, 0.3) is 0 Å². The summed E-state index contributed by atoms with van der Waals surface area (Å²) in [5.41, 5.74) is 1.16. The standard InChI is InChI=1S/C20H23F3N4O4/c1-26-8-2-3-16(26)17(27-9-11-30-12-10-27)13-24-18(28)19(29)25-14-4-6-15(7-5-14)31-20(21,22)23/h2-8,17H,9-13H2,1H3,(H,24,28)(H,25,29)/t17-/m1/s1. The SMILES string of the molecule is Cn1cccc1[C@@H](CNC(=O)C(=O)Nc1ccc(OC(F)(F)F)cc1)N1CCOCC1. The summed E-state index contributed by atoms with van der Waals surface area (Å²) in [5, 5.41) is 4.99. The molecule has 2 N–H and O–H groups in total. The first kappa shape index (κ1) is 22.6. The third-order valence-electron chi connectivity index (χ3n) is 4.82. The number of aryl methyl sites for hydroxylation is 1. The second-order valence-corrected chi connectivity index (χ2v) is 6.94. The van der Waals surface area contributed by atoms with Crippen LogP contribution in [0.2, 0.25) is 0 Å². The van der Waals surface area contributed by atoms with E-state index in [9.17, 15) is 22.8 Å². The quantitative estimate of drug-likeness (QED) is 0.672. The maximum absolute atomic E-state index is 12.3. The van der Waals surface area contributed by atoms with E-state index in [0.29, 0.717) is 26.3 Å². The van der Waals surface area contributed by atoms with Crippen LogP contribution in [-0.2, 0) is 21.4 Å². The summed E-state index contributed by atoms with van der Waals surface area (Å²) in [6, 6.07) is 8.25. The highest BCUT2D eigenvalue weighted by Gasteiger charge is 2.31. The lowest BCUT2D eigenvalue weighted by molar-refractivity contribution is -0.274. The van der Waals surface area contributed by atoms with Gasteiger partial charge in [-0.1, -0.05) is 0 Å². The van der Waals surface area contributed by atoms with Crippen LogP contribution in [0.3, 0.4) is 0 Å². The van der Waals surface area contributed by atoms with Gasteiger partial charge in [0.05, 0.1) is 19.3 Å². The highest BCUT2D eigenvalue weighted by atomic mass is 19.4. The first-order valence-corrected chi connectivity index (χ1v) is 9.61. The molecule has 1 atom stereocenters. The first-order valence-electron chi connectivity index (χ1n) is 9.61. The zero-order chi connectivity index (χ0) is 22.4. The fourth-order valence-electron chi connectivity index (χ4n) is 3.33. The number of carbonyl (C=O) groups is 2. The third-order valence-corrected chi connectivity index (χ3v) is 4.82. The summed E-state index contributed by atoms with van der Waals surface area (Å²) in [6.07, 6.45) is -2.90. The number of rotatable bonds is 6. The first-order chi connectivity index (χ1) is 14.7. The molecule has 2 aromatic rings. The summed E-state index contributed by atoms with van der Waals surface area (Å²) in [7, 11) is 1.91. The zero-order valence-corrected chi connectivity index (χ0v) is 16.8. The molecular formula is C20H23F3N4O4. The summed E-state index contributed by atoms with van der Waals surface area (Å²) < 4.78 is 47.8. The number of morpholine rings is 1. The molecule has 0 aliphatic carbocycles. The van der Waals surface area contributed by atoms with Crippen molar-refractivity contribution in [2.45, 2.75) is 12.4 Å². The van der Waals surface area contributed by atoms with Crippen molar-refractivity contribution >= 4 is 17.5 Å². The van der Waals surface area contributed by atoms with E-state index in [1.165, 1.54) is 12.1 Å². The largest absolute Gasteiger partial charge is 0.573 e. The Morgan fingerprint density at radius 3 is 2.39 bits per heavy atom. The molecule has 2 heterocycles. The molecule has 31 heavy (non-hydrogen) atoms. The van der Waals surface area contributed by atoms with Crippen LogP contribution in [0, 0.1) is 0 Å². The second kappa shape index (κ2) is 9.84. The van der Waals surface area contributed by atoms with Crippen molar-refractivity contribution in [1.82, 2.24) is 14.8 Å². The van der Waals surface area contributed by atoms with E-state index in [1.807, 2.05) is 29.9 Å². The molecule has 8 nitrogen and oxygen atoms in total. The molecule has 0 radical (unpaired) electrons. The van der Waals surface area contributed by atoms with Crippen LogP contribution in [-0.4, -0.2) is 60.5 Å². The van der Waals surface area contributed by atoms with Gasteiger partial charge >= 0.3 is 18.2 Å². The smallest absolute Gasteiger partial charge is 0.406 e. The molecule has 0 spiro atoms. The Labute approximate surface area is 176 Å². The van der Waals surface area contributed by atoms with Crippen molar-refractivity contribution in [2.24, 2.45) is 7.05 Å². The number of benzene rings is 1. The van der Waals surface area contributed by atoms with Crippen LogP contribution in [0.15, 0.2) is 42.6 Å². The topological polar surface area (TPSA) is 84.8 Å². The van der Waals surface area contributed by atoms with Gasteiger partial charge in [0.2, 0.25) is 0 Å². The molecule has 0 unspecified atom stereocenters. The van der Waals surface area contributed by atoms with Crippen molar-refractivity contribution in [1.29, 1.82) is 0 Å². The summed E-state index contributed by atoms with van der Waals surface area (Å²) >= 11 is 0. The van der Waals surface area contributed by atoms with E-state index in [4.69, 9.17) is 4.74 Å².